The van der Waals surface area contributed by atoms with Crippen LogP contribution in [0, 0.1) is 0 Å². The van der Waals surface area contributed by atoms with Gasteiger partial charge < -0.3 is 21.1 Å². The molecule has 13 heavy (non-hydrogen) atoms. The van der Waals surface area contributed by atoms with Gasteiger partial charge in [0.1, 0.15) is 5.69 Å². The summed E-state index contributed by atoms with van der Waals surface area (Å²) in [6, 6.07) is 1.69. The molecule has 1 heterocycles. The van der Waals surface area contributed by atoms with Gasteiger partial charge in [0, 0.05) is 19.3 Å². The number of anilines is 2. The molecule has 5 N–H and O–H groups in total. The Balaban J connectivity index is 2.66. The van der Waals surface area contributed by atoms with Crippen LogP contribution in [-0.2, 0) is 0 Å². The van der Waals surface area contributed by atoms with Gasteiger partial charge in [0.25, 0.3) is 5.56 Å². The topological polar surface area (TPSA) is 91.1 Å². The fourth-order valence-corrected chi connectivity index (χ4v) is 0.947. The summed E-state index contributed by atoms with van der Waals surface area (Å²) in [6.07, 6.45) is 2.16. The first kappa shape index (κ1) is 9.60. The van der Waals surface area contributed by atoms with E-state index in [-0.39, 0.29) is 17.9 Å². The lowest BCUT2D eigenvalue weighted by molar-refractivity contribution is 0.292. The van der Waals surface area contributed by atoms with Crippen molar-refractivity contribution in [3.8, 4) is 0 Å². The van der Waals surface area contributed by atoms with Crippen molar-refractivity contribution in [1.82, 2.24) is 4.98 Å². The number of nitrogen functional groups attached to an aromatic ring is 1. The molecule has 0 fully saturated rings. The normalized spacial score (nSPS) is 9.92. The predicted octanol–water partition coefficient (Wildman–Crippen LogP) is -0.249. The summed E-state index contributed by atoms with van der Waals surface area (Å²) in [7, 11) is 0. The molecule has 0 saturated carbocycles. The van der Waals surface area contributed by atoms with E-state index in [9.17, 15) is 4.79 Å². The number of H-pyrrole nitrogens is 1. The van der Waals surface area contributed by atoms with E-state index >= 15 is 0 Å². The summed E-state index contributed by atoms with van der Waals surface area (Å²) >= 11 is 0. The molecule has 1 aromatic rings. The fraction of sp³-hybridized carbons (Fsp3) is 0.375. The van der Waals surface area contributed by atoms with Gasteiger partial charge in [-0.1, -0.05) is 0 Å². The van der Waals surface area contributed by atoms with Gasteiger partial charge >= 0.3 is 0 Å². The van der Waals surface area contributed by atoms with E-state index in [1.807, 2.05) is 0 Å². The van der Waals surface area contributed by atoms with Crippen LogP contribution in [-0.4, -0.2) is 23.2 Å². The molecule has 0 bridgehead atoms. The number of nitrogens with two attached hydrogens (primary N) is 1. The number of aromatic nitrogens is 1. The van der Waals surface area contributed by atoms with Crippen LogP contribution < -0.4 is 16.6 Å². The lowest BCUT2D eigenvalue weighted by atomic mass is 10.3. The van der Waals surface area contributed by atoms with Crippen LogP contribution in [0.2, 0.25) is 0 Å². The van der Waals surface area contributed by atoms with E-state index in [1.165, 1.54) is 6.20 Å². The maximum absolute atomic E-state index is 11.0. The molecular formula is C8H13N3O2. The highest BCUT2D eigenvalue weighted by Gasteiger charge is 2.00. The van der Waals surface area contributed by atoms with Crippen LogP contribution in [0.15, 0.2) is 17.1 Å². The van der Waals surface area contributed by atoms with Gasteiger partial charge in [-0.2, -0.15) is 0 Å². The summed E-state index contributed by atoms with van der Waals surface area (Å²) < 4.78 is 0. The van der Waals surface area contributed by atoms with Crippen molar-refractivity contribution >= 4 is 11.4 Å². The second-order valence-electron chi connectivity index (χ2n) is 2.64. The third kappa shape index (κ3) is 2.48. The standard InChI is InChI=1S/C8H13N3O2/c9-7-6(10-3-1-5-12)2-4-11-8(7)13/h2,4,12H,1,3,5,9H2,(H2,10,11,13). The highest BCUT2D eigenvalue weighted by molar-refractivity contribution is 5.63. The van der Waals surface area contributed by atoms with E-state index in [4.69, 9.17) is 10.8 Å². The zero-order chi connectivity index (χ0) is 9.68. The first-order chi connectivity index (χ1) is 6.25. The van der Waals surface area contributed by atoms with Crippen LogP contribution >= 0.6 is 0 Å². The fourth-order valence-electron chi connectivity index (χ4n) is 0.947. The molecule has 0 saturated heterocycles. The van der Waals surface area contributed by atoms with Crippen LogP contribution in [0.4, 0.5) is 11.4 Å². The number of aliphatic hydroxyl groups excluding tert-OH is 1. The number of rotatable bonds is 4. The number of aliphatic hydroxyl groups is 1. The third-order valence-electron chi connectivity index (χ3n) is 1.65. The minimum absolute atomic E-state index is 0.121. The van der Waals surface area contributed by atoms with Gasteiger partial charge in [0.2, 0.25) is 0 Å². The van der Waals surface area contributed by atoms with Crippen LogP contribution in [0.5, 0.6) is 0 Å². The van der Waals surface area contributed by atoms with Crippen LogP contribution in [0.3, 0.4) is 0 Å². The molecule has 0 aliphatic carbocycles. The summed E-state index contributed by atoms with van der Waals surface area (Å²) in [4.78, 5) is 13.5. The number of hydrogen-bond acceptors (Lipinski definition) is 4. The van der Waals surface area contributed by atoms with Crippen molar-refractivity contribution in [3.63, 3.8) is 0 Å². The highest BCUT2D eigenvalue weighted by atomic mass is 16.3. The minimum atomic E-state index is -0.297. The molecule has 0 aromatic carbocycles. The predicted molar refractivity (Wildman–Crippen MR) is 51.7 cm³/mol. The summed E-state index contributed by atoms with van der Waals surface area (Å²) in [5, 5.41) is 11.5. The van der Waals surface area contributed by atoms with Crippen LogP contribution in [0.1, 0.15) is 6.42 Å². The zero-order valence-corrected chi connectivity index (χ0v) is 7.21. The molecule has 72 valence electrons. The van der Waals surface area contributed by atoms with E-state index < -0.39 is 0 Å². The first-order valence-electron chi connectivity index (χ1n) is 4.07. The molecule has 0 amide bonds. The Morgan fingerprint density at radius 2 is 2.38 bits per heavy atom. The second-order valence-corrected chi connectivity index (χ2v) is 2.64. The lowest BCUT2D eigenvalue weighted by Gasteiger charge is -2.06. The molecule has 0 aliphatic rings. The van der Waals surface area contributed by atoms with Crippen molar-refractivity contribution in [2.45, 2.75) is 6.42 Å². The van der Waals surface area contributed by atoms with Crippen LogP contribution in [0.25, 0.3) is 0 Å². The molecule has 0 atom stereocenters. The SMILES string of the molecule is Nc1c(NCCCO)cc[nH]c1=O. The second kappa shape index (κ2) is 4.51. The van der Waals surface area contributed by atoms with Crippen molar-refractivity contribution in [1.29, 1.82) is 0 Å². The average Bonchev–Trinajstić information content (AvgIpc) is 2.13. The number of aromatic amines is 1. The lowest BCUT2D eigenvalue weighted by Crippen LogP contribution is -2.15. The molecule has 1 aromatic heterocycles. The van der Waals surface area contributed by atoms with Crippen molar-refractivity contribution < 1.29 is 5.11 Å². The maximum atomic E-state index is 11.0. The molecule has 0 radical (unpaired) electrons. The Kier molecular flexibility index (Phi) is 3.33. The van der Waals surface area contributed by atoms with Gasteiger partial charge in [-0.15, -0.1) is 0 Å². The zero-order valence-electron chi connectivity index (χ0n) is 7.21. The van der Waals surface area contributed by atoms with E-state index in [1.54, 1.807) is 6.07 Å². The molecule has 0 unspecified atom stereocenters. The number of hydrogen-bond donors (Lipinski definition) is 4. The van der Waals surface area contributed by atoms with Gasteiger partial charge in [-0.05, 0) is 12.5 Å². The monoisotopic (exact) mass is 183 g/mol. The molecule has 5 nitrogen and oxygen atoms in total. The highest BCUT2D eigenvalue weighted by Crippen LogP contribution is 2.10. The van der Waals surface area contributed by atoms with Crippen molar-refractivity contribution in [2.75, 3.05) is 24.2 Å². The number of nitrogens with one attached hydrogen (secondary N) is 2. The van der Waals surface area contributed by atoms with Gasteiger partial charge in [0.05, 0.1) is 5.69 Å². The molecular weight excluding hydrogens is 170 g/mol. The maximum Gasteiger partial charge on any atom is 0.273 e. The Morgan fingerprint density at radius 1 is 1.62 bits per heavy atom. The van der Waals surface area contributed by atoms with E-state index in [0.29, 0.717) is 18.7 Å². The summed E-state index contributed by atoms with van der Waals surface area (Å²) in [5.41, 5.74) is 5.99. The average molecular weight is 183 g/mol. The summed E-state index contributed by atoms with van der Waals surface area (Å²) in [6.45, 7) is 0.722. The molecule has 0 spiro atoms. The minimum Gasteiger partial charge on any atom is -0.396 e. The quantitative estimate of drug-likeness (QED) is 0.484. The number of pyridine rings is 1. The van der Waals surface area contributed by atoms with Crippen molar-refractivity contribution in [3.05, 3.63) is 22.6 Å². The van der Waals surface area contributed by atoms with E-state index in [0.717, 1.165) is 0 Å². The smallest absolute Gasteiger partial charge is 0.273 e. The van der Waals surface area contributed by atoms with Gasteiger partial charge in [-0.3, -0.25) is 4.79 Å². The van der Waals surface area contributed by atoms with E-state index in [2.05, 4.69) is 10.3 Å². The summed E-state index contributed by atoms with van der Waals surface area (Å²) in [5.74, 6) is 0. The van der Waals surface area contributed by atoms with Crippen molar-refractivity contribution in [2.24, 2.45) is 0 Å². The Bertz CT molecular complexity index is 321. The third-order valence-corrected chi connectivity index (χ3v) is 1.65. The molecule has 5 heteroatoms. The Hall–Kier alpha value is -1.49. The van der Waals surface area contributed by atoms with Gasteiger partial charge in [-0.25, -0.2) is 0 Å². The molecule has 0 aliphatic heterocycles. The first-order valence-corrected chi connectivity index (χ1v) is 4.07. The largest absolute Gasteiger partial charge is 0.396 e. The Morgan fingerprint density at radius 3 is 3.08 bits per heavy atom. The Labute approximate surface area is 75.6 Å². The van der Waals surface area contributed by atoms with Gasteiger partial charge in [0.15, 0.2) is 0 Å². The molecule has 1 rings (SSSR count).